The van der Waals surface area contributed by atoms with Gasteiger partial charge in [-0.25, -0.2) is 25.3 Å². The lowest BCUT2D eigenvalue weighted by Crippen LogP contribution is -2.26. The summed E-state index contributed by atoms with van der Waals surface area (Å²) in [6, 6.07) is 8.43. The summed E-state index contributed by atoms with van der Waals surface area (Å²) in [5, 5.41) is 2.20. The second-order valence-electron chi connectivity index (χ2n) is 8.22. The Bertz CT molecular complexity index is 1780. The van der Waals surface area contributed by atoms with Gasteiger partial charge in [0.15, 0.2) is 0 Å². The Kier molecular flexibility index (Phi) is 8.17. The van der Waals surface area contributed by atoms with Gasteiger partial charge in [0.25, 0.3) is 23.6 Å². The standard InChI is InChI=1S/C23H17F6NO7S3/c1-38(32,33)40(36,37)20-12-16(23(27,28)29)7-10-19(20)21(31)30-13-14-5-8-17(9-6-14)39(34,35)18-4-2-3-15(11-18)22(24,25)26/h2-12H,13H2,1H3,(H,30,31). The molecule has 0 saturated carbocycles. The minimum atomic E-state index is -5.40. The maximum absolute atomic E-state index is 13.1. The smallest absolute Gasteiger partial charge is 0.348 e. The highest BCUT2D eigenvalue weighted by molar-refractivity contribution is 8.66. The summed E-state index contributed by atoms with van der Waals surface area (Å²) in [7, 11) is -14.8. The fraction of sp³-hybridized carbons (Fsp3) is 0.174. The number of rotatable bonds is 7. The Morgan fingerprint density at radius 2 is 1.27 bits per heavy atom. The molecule has 0 aliphatic carbocycles. The molecule has 0 spiro atoms. The van der Waals surface area contributed by atoms with E-state index in [-0.39, 0.29) is 22.8 Å². The number of alkyl halides is 6. The van der Waals surface area contributed by atoms with E-state index in [1.165, 1.54) is 12.1 Å². The first-order valence-corrected chi connectivity index (χ1v) is 16.0. The van der Waals surface area contributed by atoms with Gasteiger partial charge in [0.2, 0.25) is 9.84 Å². The zero-order valence-electron chi connectivity index (χ0n) is 19.9. The molecule has 0 unspecified atom stereocenters. The van der Waals surface area contributed by atoms with E-state index in [0.717, 1.165) is 24.3 Å². The Hall–Kier alpha value is -3.44. The van der Waals surface area contributed by atoms with Gasteiger partial charge in [-0.2, -0.15) is 26.3 Å². The topological polar surface area (TPSA) is 132 Å². The van der Waals surface area contributed by atoms with Gasteiger partial charge in [-0.05, 0) is 54.1 Å². The van der Waals surface area contributed by atoms with Crippen LogP contribution in [0.15, 0.2) is 81.4 Å². The van der Waals surface area contributed by atoms with E-state index in [1.807, 2.05) is 0 Å². The number of hydrogen-bond acceptors (Lipinski definition) is 7. The van der Waals surface area contributed by atoms with Gasteiger partial charge in [0.05, 0.1) is 37.6 Å². The summed E-state index contributed by atoms with van der Waals surface area (Å²) in [4.78, 5) is 10.3. The lowest BCUT2D eigenvalue weighted by molar-refractivity contribution is -0.138. The van der Waals surface area contributed by atoms with Crippen molar-refractivity contribution in [3.8, 4) is 0 Å². The summed E-state index contributed by atoms with van der Waals surface area (Å²) >= 11 is 0. The monoisotopic (exact) mass is 629 g/mol. The Morgan fingerprint density at radius 1 is 0.725 bits per heavy atom. The number of nitrogens with one attached hydrogen (secondary N) is 1. The minimum absolute atomic E-state index is 0.0265. The molecule has 1 amide bonds. The minimum Gasteiger partial charge on any atom is -0.348 e. The van der Waals surface area contributed by atoms with Crippen molar-refractivity contribution in [2.75, 3.05) is 6.26 Å². The second kappa shape index (κ2) is 10.5. The van der Waals surface area contributed by atoms with Crippen molar-refractivity contribution in [1.82, 2.24) is 5.32 Å². The molecule has 40 heavy (non-hydrogen) atoms. The number of halogens is 6. The lowest BCUT2D eigenvalue weighted by Gasteiger charge is -2.14. The molecule has 3 aromatic rings. The van der Waals surface area contributed by atoms with Crippen LogP contribution in [0.1, 0.15) is 27.0 Å². The maximum Gasteiger partial charge on any atom is 0.416 e. The van der Waals surface area contributed by atoms with Crippen LogP contribution in [0.25, 0.3) is 0 Å². The lowest BCUT2D eigenvalue weighted by atomic mass is 10.1. The predicted molar refractivity (Wildman–Crippen MR) is 128 cm³/mol. The van der Waals surface area contributed by atoms with E-state index in [1.54, 1.807) is 0 Å². The van der Waals surface area contributed by atoms with Gasteiger partial charge >= 0.3 is 12.4 Å². The summed E-state index contributed by atoms with van der Waals surface area (Å²) in [6.07, 6.45) is -9.58. The van der Waals surface area contributed by atoms with E-state index in [4.69, 9.17) is 0 Å². The molecule has 0 aliphatic heterocycles. The number of carbonyl (C=O) groups is 1. The summed E-state index contributed by atoms with van der Waals surface area (Å²) in [5.41, 5.74) is -3.37. The Morgan fingerprint density at radius 3 is 1.80 bits per heavy atom. The van der Waals surface area contributed by atoms with Crippen molar-refractivity contribution in [3.05, 3.63) is 89.0 Å². The van der Waals surface area contributed by atoms with Crippen molar-refractivity contribution < 1.29 is 56.4 Å². The van der Waals surface area contributed by atoms with Crippen molar-refractivity contribution in [2.24, 2.45) is 0 Å². The van der Waals surface area contributed by atoms with Crippen molar-refractivity contribution in [3.63, 3.8) is 0 Å². The molecule has 0 fully saturated rings. The van der Waals surface area contributed by atoms with Crippen LogP contribution in [0.5, 0.6) is 0 Å². The molecule has 8 nitrogen and oxygen atoms in total. The molecule has 3 rings (SSSR count). The van der Waals surface area contributed by atoms with Crippen LogP contribution in [0.4, 0.5) is 26.3 Å². The van der Waals surface area contributed by atoms with Crippen LogP contribution in [0.3, 0.4) is 0 Å². The molecule has 0 aromatic heterocycles. The summed E-state index contributed by atoms with van der Waals surface area (Å²) < 4.78 is 152. The van der Waals surface area contributed by atoms with Crippen molar-refractivity contribution in [2.45, 2.75) is 33.6 Å². The molecule has 0 atom stereocenters. The molecule has 0 aliphatic rings. The van der Waals surface area contributed by atoms with E-state index >= 15 is 0 Å². The molecule has 0 saturated heterocycles. The summed E-state index contributed by atoms with van der Waals surface area (Å²) in [5.74, 6) is -1.25. The zero-order valence-corrected chi connectivity index (χ0v) is 22.4. The van der Waals surface area contributed by atoms with Crippen LogP contribution in [0.2, 0.25) is 0 Å². The second-order valence-corrected chi connectivity index (χ2v) is 16.1. The highest BCUT2D eigenvalue weighted by atomic mass is 33.2. The predicted octanol–water partition coefficient (Wildman–Crippen LogP) is 4.22. The zero-order chi connectivity index (χ0) is 30.3. The van der Waals surface area contributed by atoms with Gasteiger partial charge in [-0.3, -0.25) is 4.79 Å². The number of hydrogen-bond donors (Lipinski definition) is 1. The molecular formula is C23H17F6NO7S3. The molecule has 0 bridgehead atoms. The average Bonchev–Trinajstić information content (AvgIpc) is 2.85. The van der Waals surface area contributed by atoms with Gasteiger partial charge < -0.3 is 5.32 Å². The van der Waals surface area contributed by atoms with Crippen molar-refractivity contribution >= 4 is 33.5 Å². The van der Waals surface area contributed by atoms with Crippen LogP contribution in [-0.2, 0) is 46.5 Å². The summed E-state index contributed by atoms with van der Waals surface area (Å²) in [6.45, 7) is -0.415. The molecule has 0 heterocycles. The van der Waals surface area contributed by atoms with Crippen molar-refractivity contribution in [1.29, 1.82) is 0 Å². The van der Waals surface area contributed by atoms with Crippen LogP contribution < -0.4 is 5.32 Å². The van der Waals surface area contributed by atoms with E-state index in [2.05, 4.69) is 5.32 Å². The maximum atomic E-state index is 13.1. The fourth-order valence-corrected chi connectivity index (χ4v) is 7.02. The highest BCUT2D eigenvalue weighted by Gasteiger charge is 2.37. The van der Waals surface area contributed by atoms with Gasteiger partial charge in [-0.15, -0.1) is 0 Å². The van der Waals surface area contributed by atoms with E-state index < -0.39 is 78.9 Å². The molecule has 0 radical (unpaired) electrons. The molecule has 216 valence electrons. The third-order valence-electron chi connectivity index (χ3n) is 5.38. The fourth-order valence-electron chi connectivity index (χ4n) is 3.30. The van der Waals surface area contributed by atoms with Crippen LogP contribution in [0, 0.1) is 0 Å². The molecule has 3 aromatic carbocycles. The number of amides is 1. The first-order valence-electron chi connectivity index (χ1n) is 10.6. The highest BCUT2D eigenvalue weighted by Crippen LogP contribution is 2.34. The van der Waals surface area contributed by atoms with E-state index in [9.17, 15) is 56.4 Å². The van der Waals surface area contributed by atoms with Gasteiger partial charge in [0.1, 0.15) is 0 Å². The third kappa shape index (κ3) is 6.47. The first-order chi connectivity index (χ1) is 18.2. The van der Waals surface area contributed by atoms with Crippen LogP contribution >= 0.6 is 0 Å². The molecular weight excluding hydrogens is 612 g/mol. The van der Waals surface area contributed by atoms with Crippen LogP contribution in [-0.4, -0.2) is 37.4 Å². The first kappa shape index (κ1) is 31.1. The van der Waals surface area contributed by atoms with Gasteiger partial charge in [-0.1, -0.05) is 18.2 Å². The number of sulfone groups is 1. The average molecular weight is 630 g/mol. The third-order valence-corrected chi connectivity index (χ3v) is 11.8. The molecule has 17 heteroatoms. The van der Waals surface area contributed by atoms with Gasteiger partial charge in [0, 0.05) is 6.54 Å². The quantitative estimate of drug-likeness (QED) is 0.306. The Labute approximate surface area is 223 Å². The molecule has 1 N–H and O–H groups in total. The normalized spacial score (nSPS) is 13.2. The Balaban J connectivity index is 1.87. The largest absolute Gasteiger partial charge is 0.416 e. The SMILES string of the molecule is CS(=O)(=O)S(=O)(=O)c1cc(C(F)(F)F)ccc1C(=O)NCc1ccc(S(=O)(=O)c2cccc(C(F)(F)F)c2)cc1. The number of benzene rings is 3. The van der Waals surface area contributed by atoms with E-state index in [0.29, 0.717) is 24.3 Å². The number of carbonyl (C=O) groups excluding carboxylic acids is 1.